The molecule has 0 saturated carbocycles. The summed E-state index contributed by atoms with van der Waals surface area (Å²) in [5.74, 6) is 0.954. The van der Waals surface area contributed by atoms with E-state index in [2.05, 4.69) is 53.0 Å². The van der Waals surface area contributed by atoms with Crippen LogP contribution in [-0.4, -0.2) is 56.3 Å². The number of rotatable bonds is 4. The number of likely N-dealkylation sites (tertiary alicyclic amines) is 1. The molecule has 8 nitrogen and oxygen atoms in total. The van der Waals surface area contributed by atoms with Gasteiger partial charge in [-0.3, -0.25) is 4.57 Å². The number of fused-ring (bicyclic) bond motifs is 2. The van der Waals surface area contributed by atoms with Crippen molar-refractivity contribution in [2.24, 2.45) is 0 Å². The van der Waals surface area contributed by atoms with Crippen molar-refractivity contribution >= 4 is 16.7 Å². The molecule has 1 fully saturated rings. The number of hydrogen-bond donors (Lipinski definition) is 1. The number of aromatic nitrogens is 5. The van der Waals surface area contributed by atoms with Crippen LogP contribution in [0.1, 0.15) is 44.2 Å². The van der Waals surface area contributed by atoms with Crippen LogP contribution >= 0.6 is 0 Å². The molecule has 0 bridgehead atoms. The summed E-state index contributed by atoms with van der Waals surface area (Å²) in [6.07, 6.45) is 5.46. The van der Waals surface area contributed by atoms with Gasteiger partial charge in [-0.2, -0.15) is 5.10 Å². The zero-order chi connectivity index (χ0) is 21.7. The Morgan fingerprint density at radius 2 is 1.97 bits per heavy atom. The monoisotopic (exact) mass is 420 g/mol. The smallest absolute Gasteiger partial charge is 0.326 e. The molecule has 162 valence electrons. The molecule has 8 heteroatoms. The Labute approximate surface area is 180 Å². The highest BCUT2D eigenvalue weighted by atomic mass is 16.5. The SMILES string of the molecule is COc1cc(-c2cc3[nH]c(=O)n(C4CCN(C)CC4)c3cc2C(C)C)cn2ncnc12. The summed E-state index contributed by atoms with van der Waals surface area (Å²) in [6, 6.07) is 6.50. The van der Waals surface area contributed by atoms with E-state index in [1.165, 1.54) is 11.9 Å². The lowest BCUT2D eigenvalue weighted by atomic mass is 9.92. The van der Waals surface area contributed by atoms with Crippen LogP contribution in [0.3, 0.4) is 0 Å². The molecule has 1 aromatic carbocycles. The Bertz CT molecular complexity index is 1310. The summed E-state index contributed by atoms with van der Waals surface area (Å²) >= 11 is 0. The number of hydrogen-bond acceptors (Lipinski definition) is 5. The second-order valence-electron chi connectivity index (χ2n) is 8.77. The minimum absolute atomic E-state index is 0.0271. The third kappa shape index (κ3) is 3.31. The molecule has 5 rings (SSSR count). The first-order valence-corrected chi connectivity index (χ1v) is 10.8. The van der Waals surface area contributed by atoms with Gasteiger partial charge in [0.15, 0.2) is 11.4 Å². The van der Waals surface area contributed by atoms with Crippen molar-refractivity contribution in [3.8, 4) is 16.9 Å². The van der Waals surface area contributed by atoms with E-state index in [0.717, 1.165) is 48.1 Å². The second-order valence-corrected chi connectivity index (χ2v) is 8.77. The first-order valence-electron chi connectivity index (χ1n) is 10.8. The molecule has 1 saturated heterocycles. The maximum atomic E-state index is 12.9. The highest BCUT2D eigenvalue weighted by Crippen LogP contribution is 2.36. The van der Waals surface area contributed by atoms with Gasteiger partial charge in [0.25, 0.3) is 0 Å². The molecule has 0 unspecified atom stereocenters. The number of nitrogens with zero attached hydrogens (tertiary/aromatic N) is 5. The highest BCUT2D eigenvalue weighted by molar-refractivity contribution is 5.85. The van der Waals surface area contributed by atoms with E-state index in [1.807, 2.05) is 16.8 Å². The van der Waals surface area contributed by atoms with Gasteiger partial charge in [0.2, 0.25) is 0 Å². The fraction of sp³-hybridized carbons (Fsp3) is 0.435. The maximum Gasteiger partial charge on any atom is 0.326 e. The number of H-pyrrole nitrogens is 1. The van der Waals surface area contributed by atoms with E-state index in [0.29, 0.717) is 11.4 Å². The lowest BCUT2D eigenvalue weighted by molar-refractivity contribution is 0.221. The molecule has 0 radical (unpaired) electrons. The molecular formula is C23H28N6O2. The van der Waals surface area contributed by atoms with Gasteiger partial charge in [0.05, 0.1) is 18.1 Å². The molecule has 31 heavy (non-hydrogen) atoms. The Balaban J connectivity index is 1.70. The van der Waals surface area contributed by atoms with E-state index in [-0.39, 0.29) is 17.6 Å². The number of pyridine rings is 1. The Morgan fingerprint density at radius 3 is 2.68 bits per heavy atom. The average Bonchev–Trinajstić information content (AvgIpc) is 3.35. The molecule has 0 amide bonds. The standard InChI is InChI=1S/C23H28N6O2/c1-14(2)17-11-20-19(26-23(30)29(20)16-5-7-27(3)8-6-16)10-18(17)15-9-21(31-4)22-24-13-25-28(22)12-15/h9-14,16H,5-8H2,1-4H3,(H,26,30). The topological polar surface area (TPSA) is 80.5 Å². The van der Waals surface area contributed by atoms with Crippen LogP contribution in [0.15, 0.2) is 35.5 Å². The first kappa shape index (κ1) is 19.8. The van der Waals surface area contributed by atoms with Gasteiger partial charge in [0, 0.05) is 17.8 Å². The Hall–Kier alpha value is -3.13. The maximum absolute atomic E-state index is 12.9. The van der Waals surface area contributed by atoms with Crippen LogP contribution < -0.4 is 10.4 Å². The summed E-state index contributed by atoms with van der Waals surface area (Å²) in [5, 5.41) is 4.30. The average molecular weight is 421 g/mol. The van der Waals surface area contributed by atoms with Gasteiger partial charge in [-0.05, 0) is 68.2 Å². The minimum Gasteiger partial charge on any atom is -0.493 e. The molecule has 1 N–H and O–H groups in total. The lowest BCUT2D eigenvalue weighted by Gasteiger charge is -2.29. The summed E-state index contributed by atoms with van der Waals surface area (Å²) in [5.41, 5.74) is 5.74. The zero-order valence-corrected chi connectivity index (χ0v) is 18.4. The Kier molecular flexibility index (Phi) is 4.81. The molecule has 3 aromatic heterocycles. The predicted molar refractivity (Wildman–Crippen MR) is 121 cm³/mol. The van der Waals surface area contributed by atoms with E-state index < -0.39 is 0 Å². The molecule has 1 aliphatic rings. The van der Waals surface area contributed by atoms with Gasteiger partial charge in [-0.1, -0.05) is 13.8 Å². The number of ether oxygens (including phenoxy) is 1. The number of imidazole rings is 1. The lowest BCUT2D eigenvalue weighted by Crippen LogP contribution is -2.34. The molecule has 0 aliphatic carbocycles. The van der Waals surface area contributed by atoms with Crippen LogP contribution in [0, 0.1) is 0 Å². The van der Waals surface area contributed by atoms with E-state index >= 15 is 0 Å². The van der Waals surface area contributed by atoms with Crippen molar-refractivity contribution in [1.29, 1.82) is 0 Å². The van der Waals surface area contributed by atoms with Gasteiger partial charge in [0.1, 0.15) is 6.33 Å². The number of methoxy groups -OCH3 is 1. The van der Waals surface area contributed by atoms with Gasteiger partial charge >= 0.3 is 5.69 Å². The molecule has 4 aromatic rings. The van der Waals surface area contributed by atoms with Crippen molar-refractivity contribution in [3.63, 3.8) is 0 Å². The fourth-order valence-electron chi connectivity index (χ4n) is 4.73. The second kappa shape index (κ2) is 7.53. The van der Waals surface area contributed by atoms with E-state index in [9.17, 15) is 4.79 Å². The van der Waals surface area contributed by atoms with Crippen LogP contribution in [0.4, 0.5) is 0 Å². The highest BCUT2D eigenvalue weighted by Gasteiger charge is 2.23. The summed E-state index contributed by atoms with van der Waals surface area (Å²) in [4.78, 5) is 22.6. The van der Waals surface area contributed by atoms with Gasteiger partial charge in [-0.15, -0.1) is 0 Å². The largest absolute Gasteiger partial charge is 0.493 e. The van der Waals surface area contributed by atoms with Crippen molar-refractivity contribution in [2.45, 2.75) is 38.6 Å². The van der Waals surface area contributed by atoms with Crippen LogP contribution in [0.5, 0.6) is 5.75 Å². The number of piperidine rings is 1. The molecule has 0 atom stereocenters. The molecular weight excluding hydrogens is 392 g/mol. The third-order valence-electron chi connectivity index (χ3n) is 6.44. The number of benzene rings is 1. The quantitative estimate of drug-likeness (QED) is 0.547. The van der Waals surface area contributed by atoms with Crippen LogP contribution in [-0.2, 0) is 0 Å². The molecule has 4 heterocycles. The normalized spacial score (nSPS) is 16.0. The first-order chi connectivity index (χ1) is 15.0. The fourth-order valence-corrected chi connectivity index (χ4v) is 4.73. The third-order valence-corrected chi connectivity index (χ3v) is 6.44. The van der Waals surface area contributed by atoms with Crippen molar-refractivity contribution < 1.29 is 4.74 Å². The van der Waals surface area contributed by atoms with E-state index in [4.69, 9.17) is 4.74 Å². The summed E-state index contributed by atoms with van der Waals surface area (Å²) < 4.78 is 9.26. The zero-order valence-electron chi connectivity index (χ0n) is 18.4. The predicted octanol–water partition coefficient (Wildman–Crippen LogP) is 3.44. The van der Waals surface area contributed by atoms with Crippen molar-refractivity contribution in [3.05, 3.63) is 46.8 Å². The Morgan fingerprint density at radius 1 is 1.19 bits per heavy atom. The van der Waals surface area contributed by atoms with Crippen LogP contribution in [0.25, 0.3) is 27.8 Å². The summed E-state index contributed by atoms with van der Waals surface area (Å²) in [6.45, 7) is 6.38. The molecule has 1 aliphatic heterocycles. The van der Waals surface area contributed by atoms with Crippen molar-refractivity contribution in [1.82, 2.24) is 29.0 Å². The van der Waals surface area contributed by atoms with Crippen LogP contribution in [0.2, 0.25) is 0 Å². The summed E-state index contributed by atoms with van der Waals surface area (Å²) in [7, 11) is 3.77. The van der Waals surface area contributed by atoms with E-state index in [1.54, 1.807) is 11.6 Å². The van der Waals surface area contributed by atoms with Gasteiger partial charge < -0.3 is 14.6 Å². The number of aromatic amines is 1. The molecule has 0 spiro atoms. The van der Waals surface area contributed by atoms with Gasteiger partial charge in [-0.25, -0.2) is 14.3 Å². The number of nitrogens with one attached hydrogen (secondary N) is 1. The minimum atomic E-state index is -0.0271. The van der Waals surface area contributed by atoms with Crippen molar-refractivity contribution in [2.75, 3.05) is 27.2 Å².